The quantitative estimate of drug-likeness (QED) is 0.517. The van der Waals surface area contributed by atoms with E-state index >= 15 is 0 Å². The number of hydrazine groups is 1. The standard InChI is InChI=1S/C8H14N4O/c1-6-4-7-8(13)11(3)10(2)5-12(7)9-6/h7H,4-5H2,1-3H3. The first-order chi connectivity index (χ1) is 6.09. The smallest absolute Gasteiger partial charge is 0.261 e. The van der Waals surface area contributed by atoms with Crippen LogP contribution in [0.15, 0.2) is 5.10 Å². The van der Waals surface area contributed by atoms with Crippen LogP contribution in [0.4, 0.5) is 0 Å². The largest absolute Gasteiger partial charge is 0.275 e. The number of nitrogens with zero attached hydrogens (tertiary/aromatic N) is 4. The van der Waals surface area contributed by atoms with Gasteiger partial charge in [-0.15, -0.1) is 0 Å². The van der Waals surface area contributed by atoms with Crippen molar-refractivity contribution in [2.24, 2.45) is 5.10 Å². The molecule has 1 fully saturated rings. The van der Waals surface area contributed by atoms with Gasteiger partial charge in [-0.3, -0.25) is 14.8 Å². The van der Waals surface area contributed by atoms with Crippen molar-refractivity contribution in [3.05, 3.63) is 0 Å². The summed E-state index contributed by atoms with van der Waals surface area (Å²) >= 11 is 0. The summed E-state index contributed by atoms with van der Waals surface area (Å²) in [6.07, 6.45) is 0.775. The highest BCUT2D eigenvalue weighted by Crippen LogP contribution is 2.21. The van der Waals surface area contributed by atoms with Gasteiger partial charge in [-0.1, -0.05) is 0 Å². The van der Waals surface area contributed by atoms with Gasteiger partial charge < -0.3 is 0 Å². The average Bonchev–Trinajstić information content (AvgIpc) is 2.42. The molecule has 1 atom stereocenters. The Morgan fingerprint density at radius 3 is 2.85 bits per heavy atom. The Bertz CT molecular complexity index is 275. The molecule has 1 amide bonds. The number of amides is 1. The number of hydrogen-bond donors (Lipinski definition) is 0. The topological polar surface area (TPSA) is 39.1 Å². The first-order valence-electron chi connectivity index (χ1n) is 4.39. The van der Waals surface area contributed by atoms with Gasteiger partial charge in [0.15, 0.2) is 0 Å². The number of carbonyl (C=O) groups is 1. The number of carbonyl (C=O) groups excluding carboxylic acids is 1. The minimum atomic E-state index is -0.0544. The third kappa shape index (κ3) is 1.19. The van der Waals surface area contributed by atoms with E-state index in [1.165, 1.54) is 0 Å². The molecular weight excluding hydrogens is 168 g/mol. The van der Waals surface area contributed by atoms with Gasteiger partial charge in [0.1, 0.15) is 12.7 Å². The van der Waals surface area contributed by atoms with Crippen LogP contribution in [-0.2, 0) is 4.79 Å². The summed E-state index contributed by atoms with van der Waals surface area (Å²) in [6.45, 7) is 2.66. The molecule has 2 aliphatic rings. The molecule has 0 aromatic rings. The zero-order valence-corrected chi connectivity index (χ0v) is 8.19. The zero-order chi connectivity index (χ0) is 9.59. The first kappa shape index (κ1) is 8.50. The Morgan fingerprint density at radius 2 is 2.15 bits per heavy atom. The summed E-state index contributed by atoms with van der Waals surface area (Å²) in [4.78, 5) is 11.7. The molecule has 0 aliphatic carbocycles. The number of hydrazone groups is 1. The molecule has 0 spiro atoms. The van der Waals surface area contributed by atoms with E-state index in [4.69, 9.17) is 0 Å². The van der Waals surface area contributed by atoms with Gasteiger partial charge in [-0.25, -0.2) is 5.01 Å². The van der Waals surface area contributed by atoms with E-state index < -0.39 is 0 Å². The highest BCUT2D eigenvalue weighted by Gasteiger charge is 2.38. The summed E-state index contributed by atoms with van der Waals surface area (Å²) in [5, 5.41) is 9.69. The van der Waals surface area contributed by atoms with E-state index in [0.717, 1.165) is 12.1 Å². The van der Waals surface area contributed by atoms with Crippen LogP contribution in [0.1, 0.15) is 13.3 Å². The van der Waals surface area contributed by atoms with E-state index in [9.17, 15) is 4.79 Å². The Labute approximate surface area is 77.6 Å². The van der Waals surface area contributed by atoms with E-state index in [1.54, 1.807) is 12.1 Å². The molecule has 72 valence electrons. The number of likely N-dealkylation sites (N-methyl/N-ethyl adjacent to an activating group) is 1. The van der Waals surface area contributed by atoms with Crippen LogP contribution >= 0.6 is 0 Å². The summed E-state index contributed by atoms with van der Waals surface area (Å²) in [5.41, 5.74) is 1.04. The fraction of sp³-hybridized carbons (Fsp3) is 0.750. The van der Waals surface area contributed by atoms with Crippen molar-refractivity contribution >= 4 is 11.6 Å². The second kappa shape index (κ2) is 2.70. The third-order valence-electron chi connectivity index (χ3n) is 2.61. The van der Waals surface area contributed by atoms with Gasteiger partial charge in [0.25, 0.3) is 5.91 Å². The summed E-state index contributed by atoms with van der Waals surface area (Å²) in [6, 6.07) is -0.0544. The third-order valence-corrected chi connectivity index (χ3v) is 2.61. The van der Waals surface area contributed by atoms with Crippen LogP contribution in [0.25, 0.3) is 0 Å². The van der Waals surface area contributed by atoms with Crippen LogP contribution in [0.5, 0.6) is 0 Å². The predicted molar refractivity (Wildman–Crippen MR) is 48.8 cm³/mol. The number of rotatable bonds is 0. The minimum Gasteiger partial charge on any atom is -0.275 e. The van der Waals surface area contributed by atoms with E-state index in [0.29, 0.717) is 6.67 Å². The zero-order valence-electron chi connectivity index (χ0n) is 8.19. The van der Waals surface area contributed by atoms with Gasteiger partial charge in [0.05, 0.1) is 0 Å². The maximum atomic E-state index is 11.7. The van der Waals surface area contributed by atoms with Crippen LogP contribution in [-0.4, -0.2) is 53.5 Å². The van der Waals surface area contributed by atoms with Crippen molar-refractivity contribution in [2.75, 3.05) is 20.8 Å². The Morgan fingerprint density at radius 1 is 1.46 bits per heavy atom. The highest BCUT2D eigenvalue weighted by molar-refractivity contribution is 5.92. The highest BCUT2D eigenvalue weighted by atomic mass is 16.2. The van der Waals surface area contributed by atoms with Gasteiger partial charge in [-0.2, -0.15) is 5.10 Å². The van der Waals surface area contributed by atoms with Crippen molar-refractivity contribution in [1.82, 2.24) is 15.0 Å². The van der Waals surface area contributed by atoms with E-state index in [-0.39, 0.29) is 11.9 Å². The molecule has 0 bridgehead atoms. The van der Waals surface area contributed by atoms with Crippen LogP contribution < -0.4 is 0 Å². The lowest BCUT2D eigenvalue weighted by atomic mass is 10.1. The monoisotopic (exact) mass is 182 g/mol. The second-order valence-electron chi connectivity index (χ2n) is 3.66. The van der Waals surface area contributed by atoms with Gasteiger partial charge in [-0.05, 0) is 6.92 Å². The molecule has 13 heavy (non-hydrogen) atoms. The molecule has 0 aromatic carbocycles. The van der Waals surface area contributed by atoms with E-state index in [2.05, 4.69) is 5.10 Å². The predicted octanol–water partition coefficient (Wildman–Crippen LogP) is -0.287. The fourth-order valence-corrected chi connectivity index (χ4v) is 1.75. The molecular formula is C8H14N4O. The molecule has 1 unspecified atom stereocenters. The van der Waals surface area contributed by atoms with Crippen molar-refractivity contribution in [1.29, 1.82) is 0 Å². The molecule has 2 rings (SSSR count). The normalized spacial score (nSPS) is 29.3. The number of hydrogen-bond acceptors (Lipinski definition) is 4. The molecule has 2 heterocycles. The van der Waals surface area contributed by atoms with Crippen molar-refractivity contribution in [2.45, 2.75) is 19.4 Å². The maximum Gasteiger partial charge on any atom is 0.261 e. The van der Waals surface area contributed by atoms with Crippen molar-refractivity contribution in [3.8, 4) is 0 Å². The van der Waals surface area contributed by atoms with Gasteiger partial charge >= 0.3 is 0 Å². The Kier molecular flexibility index (Phi) is 1.76. The molecule has 1 saturated heterocycles. The molecule has 5 heteroatoms. The first-order valence-corrected chi connectivity index (χ1v) is 4.39. The summed E-state index contributed by atoms with van der Waals surface area (Å²) < 4.78 is 0. The molecule has 0 saturated carbocycles. The van der Waals surface area contributed by atoms with E-state index in [1.807, 2.05) is 24.0 Å². The van der Waals surface area contributed by atoms with Crippen LogP contribution in [0.2, 0.25) is 0 Å². The Balaban J connectivity index is 2.21. The second-order valence-corrected chi connectivity index (χ2v) is 3.66. The lowest BCUT2D eigenvalue weighted by Gasteiger charge is -2.40. The van der Waals surface area contributed by atoms with Crippen LogP contribution in [0.3, 0.4) is 0 Å². The summed E-state index contributed by atoms with van der Waals surface area (Å²) in [5.74, 6) is 0.134. The molecule has 0 N–H and O–H groups in total. The average molecular weight is 182 g/mol. The van der Waals surface area contributed by atoms with Gasteiger partial charge in [0.2, 0.25) is 0 Å². The maximum absolute atomic E-state index is 11.7. The fourth-order valence-electron chi connectivity index (χ4n) is 1.75. The summed E-state index contributed by atoms with van der Waals surface area (Å²) in [7, 11) is 3.69. The Hall–Kier alpha value is -1.10. The lowest BCUT2D eigenvalue weighted by molar-refractivity contribution is -0.165. The number of fused-ring (bicyclic) bond motifs is 1. The minimum absolute atomic E-state index is 0.0544. The molecule has 0 radical (unpaired) electrons. The molecule has 5 nitrogen and oxygen atoms in total. The SMILES string of the molecule is CC1=NN2CN(C)N(C)C(=O)C2C1. The molecule has 2 aliphatic heterocycles. The van der Waals surface area contributed by atoms with Crippen LogP contribution in [0, 0.1) is 0 Å². The van der Waals surface area contributed by atoms with Crippen molar-refractivity contribution in [3.63, 3.8) is 0 Å². The lowest BCUT2D eigenvalue weighted by Crippen LogP contribution is -2.58. The van der Waals surface area contributed by atoms with Gasteiger partial charge in [0, 0.05) is 26.2 Å². The van der Waals surface area contributed by atoms with Crippen molar-refractivity contribution < 1.29 is 4.79 Å². The molecule has 0 aromatic heterocycles.